The van der Waals surface area contributed by atoms with E-state index in [1.807, 2.05) is 60.0 Å². The molecule has 1 atom stereocenters. The number of benzene rings is 1. The minimum absolute atomic E-state index is 0.0851. The van der Waals surface area contributed by atoms with Crippen LogP contribution in [-0.4, -0.2) is 66.4 Å². The van der Waals surface area contributed by atoms with E-state index in [1.165, 1.54) is 11.9 Å². The summed E-state index contributed by atoms with van der Waals surface area (Å²) in [5.74, 6) is 2.30. The lowest BCUT2D eigenvalue weighted by atomic mass is 10.1. The third-order valence-corrected chi connectivity index (χ3v) is 7.63. The number of para-hydroxylation sites is 1. The highest BCUT2D eigenvalue weighted by atomic mass is 16.4. The van der Waals surface area contributed by atoms with Crippen molar-refractivity contribution < 1.29 is 14.7 Å². The molecule has 5 heterocycles. The van der Waals surface area contributed by atoms with Gasteiger partial charge in [0, 0.05) is 30.9 Å². The standard InChI is InChI=1S/C29H30N8O3/c1-18-9-8-14-35(18)26-15-21-22(24(31-26)17-34(3)29(39)40)16-36(28(21)38)25-13-7-12-23(30-25)27-33-32-19(2)37(27)20-10-5-4-6-11-20/h4-7,10-13,15,18H,8-9,14,16-17H2,1-3H3,(H,39,40)/t18-/m1/s1. The molecule has 0 bridgehead atoms. The number of carbonyl (C=O) groups excluding carboxylic acids is 1. The zero-order chi connectivity index (χ0) is 28.0. The van der Waals surface area contributed by atoms with Crippen molar-refractivity contribution in [3.05, 3.63) is 77.2 Å². The third kappa shape index (κ3) is 4.42. The second-order valence-electron chi connectivity index (χ2n) is 10.3. The maximum Gasteiger partial charge on any atom is 0.407 e. The molecule has 0 unspecified atom stereocenters. The monoisotopic (exact) mass is 538 g/mol. The highest BCUT2D eigenvalue weighted by Gasteiger charge is 2.35. The van der Waals surface area contributed by atoms with Crippen LogP contribution in [0.4, 0.5) is 16.4 Å². The number of anilines is 2. The van der Waals surface area contributed by atoms with E-state index in [0.29, 0.717) is 40.5 Å². The molecule has 0 spiro atoms. The van der Waals surface area contributed by atoms with Crippen LogP contribution in [0.2, 0.25) is 0 Å². The average Bonchev–Trinajstić information content (AvgIpc) is 3.66. The lowest BCUT2D eigenvalue weighted by molar-refractivity contribution is 0.0996. The van der Waals surface area contributed by atoms with Crippen molar-refractivity contribution in [2.24, 2.45) is 0 Å². The third-order valence-electron chi connectivity index (χ3n) is 7.63. The topological polar surface area (TPSA) is 121 Å². The fraction of sp³-hybridized carbons (Fsp3) is 0.310. The first-order valence-electron chi connectivity index (χ1n) is 13.3. The fourth-order valence-electron chi connectivity index (χ4n) is 5.49. The van der Waals surface area contributed by atoms with Crippen molar-refractivity contribution in [1.82, 2.24) is 29.6 Å². The van der Waals surface area contributed by atoms with Gasteiger partial charge in [-0.3, -0.25) is 14.3 Å². The summed E-state index contributed by atoms with van der Waals surface area (Å²) < 4.78 is 1.93. The Kier molecular flexibility index (Phi) is 6.41. The van der Waals surface area contributed by atoms with Crippen LogP contribution in [-0.2, 0) is 13.1 Å². The van der Waals surface area contributed by atoms with Crippen LogP contribution in [0.1, 0.15) is 47.2 Å². The zero-order valence-corrected chi connectivity index (χ0v) is 22.7. The van der Waals surface area contributed by atoms with Crippen LogP contribution < -0.4 is 9.80 Å². The van der Waals surface area contributed by atoms with E-state index in [0.717, 1.165) is 36.5 Å². The highest BCUT2D eigenvalue weighted by molar-refractivity contribution is 6.10. The smallest absolute Gasteiger partial charge is 0.407 e. The molecule has 11 nitrogen and oxygen atoms in total. The molecule has 204 valence electrons. The van der Waals surface area contributed by atoms with Crippen LogP contribution in [0.15, 0.2) is 54.6 Å². The maximum atomic E-state index is 13.8. The number of hydrogen-bond donors (Lipinski definition) is 1. The van der Waals surface area contributed by atoms with E-state index in [2.05, 4.69) is 22.0 Å². The van der Waals surface area contributed by atoms with Crippen LogP contribution >= 0.6 is 0 Å². The highest BCUT2D eigenvalue weighted by Crippen LogP contribution is 2.35. The van der Waals surface area contributed by atoms with Crippen molar-refractivity contribution >= 4 is 23.6 Å². The number of hydrogen-bond acceptors (Lipinski definition) is 7. The molecule has 0 aliphatic carbocycles. The molecule has 6 rings (SSSR count). The Morgan fingerprint density at radius 3 is 2.60 bits per heavy atom. The van der Waals surface area contributed by atoms with Gasteiger partial charge in [-0.2, -0.15) is 0 Å². The summed E-state index contributed by atoms with van der Waals surface area (Å²) in [6.45, 7) is 5.21. The first kappa shape index (κ1) is 25.5. The molecule has 2 amide bonds. The number of aromatic nitrogens is 5. The van der Waals surface area contributed by atoms with Crippen molar-refractivity contribution in [2.45, 2.75) is 45.8 Å². The van der Waals surface area contributed by atoms with E-state index in [-0.39, 0.29) is 19.0 Å². The molecule has 40 heavy (non-hydrogen) atoms. The number of carboxylic acid groups (broad SMARTS) is 1. The summed E-state index contributed by atoms with van der Waals surface area (Å²) in [7, 11) is 1.51. The summed E-state index contributed by atoms with van der Waals surface area (Å²) >= 11 is 0. The predicted molar refractivity (Wildman–Crippen MR) is 150 cm³/mol. The van der Waals surface area contributed by atoms with E-state index in [1.54, 1.807) is 11.0 Å². The SMILES string of the molecule is Cc1nnc(-c2cccc(N3Cc4c(cc(N5CCC[C@H]5C)nc4CN(C)C(=O)O)C3=O)n2)n1-c1ccccc1. The minimum atomic E-state index is -1.05. The summed E-state index contributed by atoms with van der Waals surface area (Å²) in [6.07, 6.45) is 1.05. The Bertz CT molecular complexity index is 1600. The quantitative estimate of drug-likeness (QED) is 0.386. The fourth-order valence-corrected chi connectivity index (χ4v) is 5.49. The Morgan fingerprint density at radius 2 is 1.88 bits per heavy atom. The average molecular weight is 539 g/mol. The van der Waals surface area contributed by atoms with Gasteiger partial charge in [-0.05, 0) is 57.0 Å². The second-order valence-corrected chi connectivity index (χ2v) is 10.3. The zero-order valence-electron chi connectivity index (χ0n) is 22.7. The molecule has 1 saturated heterocycles. The molecule has 2 aliphatic heterocycles. The van der Waals surface area contributed by atoms with Crippen LogP contribution in [0, 0.1) is 6.92 Å². The maximum absolute atomic E-state index is 13.8. The van der Waals surface area contributed by atoms with E-state index in [9.17, 15) is 14.7 Å². The molecule has 4 aromatic rings. The summed E-state index contributed by atoms with van der Waals surface area (Å²) in [6, 6.07) is 17.5. The van der Waals surface area contributed by atoms with Gasteiger partial charge in [0.05, 0.1) is 24.3 Å². The summed E-state index contributed by atoms with van der Waals surface area (Å²) in [4.78, 5) is 40.2. The lowest BCUT2D eigenvalue weighted by Gasteiger charge is -2.24. The molecule has 0 saturated carbocycles. The van der Waals surface area contributed by atoms with Gasteiger partial charge in [0.1, 0.15) is 23.2 Å². The summed E-state index contributed by atoms with van der Waals surface area (Å²) in [5, 5.41) is 18.2. The first-order valence-corrected chi connectivity index (χ1v) is 13.3. The van der Waals surface area contributed by atoms with Crippen LogP contribution in [0.3, 0.4) is 0 Å². The van der Waals surface area contributed by atoms with Crippen molar-refractivity contribution in [3.63, 3.8) is 0 Å². The molecule has 11 heteroatoms. The number of nitrogens with zero attached hydrogens (tertiary/aromatic N) is 8. The van der Waals surface area contributed by atoms with Gasteiger partial charge in [-0.25, -0.2) is 14.8 Å². The number of aryl methyl sites for hydroxylation is 1. The molecule has 1 fully saturated rings. The van der Waals surface area contributed by atoms with E-state index in [4.69, 9.17) is 9.97 Å². The number of rotatable bonds is 6. The molecule has 1 aromatic carbocycles. The number of pyridine rings is 2. The lowest BCUT2D eigenvalue weighted by Crippen LogP contribution is -2.29. The van der Waals surface area contributed by atoms with Crippen molar-refractivity contribution in [2.75, 3.05) is 23.4 Å². The van der Waals surface area contributed by atoms with Gasteiger partial charge in [0.2, 0.25) is 0 Å². The Morgan fingerprint density at radius 1 is 1.07 bits per heavy atom. The van der Waals surface area contributed by atoms with Gasteiger partial charge >= 0.3 is 6.09 Å². The Hall–Kier alpha value is -4.80. The molecule has 0 radical (unpaired) electrons. The number of fused-ring (bicyclic) bond motifs is 1. The molecular weight excluding hydrogens is 508 g/mol. The first-order chi connectivity index (χ1) is 19.3. The van der Waals surface area contributed by atoms with Crippen LogP contribution in [0.25, 0.3) is 17.2 Å². The molecule has 3 aromatic heterocycles. The molecule has 1 N–H and O–H groups in total. The number of carbonyl (C=O) groups is 2. The number of amides is 2. The molecule has 2 aliphatic rings. The minimum Gasteiger partial charge on any atom is -0.465 e. The summed E-state index contributed by atoms with van der Waals surface area (Å²) in [5.41, 5.74) is 3.35. The predicted octanol–water partition coefficient (Wildman–Crippen LogP) is 4.29. The Balaban J connectivity index is 1.38. The Labute approximate surface area is 231 Å². The van der Waals surface area contributed by atoms with Crippen molar-refractivity contribution in [1.29, 1.82) is 0 Å². The van der Waals surface area contributed by atoms with Gasteiger partial charge in [-0.1, -0.05) is 24.3 Å². The largest absolute Gasteiger partial charge is 0.465 e. The van der Waals surface area contributed by atoms with Crippen molar-refractivity contribution in [3.8, 4) is 17.2 Å². The van der Waals surface area contributed by atoms with Gasteiger partial charge in [-0.15, -0.1) is 10.2 Å². The van der Waals surface area contributed by atoms with Gasteiger partial charge < -0.3 is 14.9 Å². The van der Waals surface area contributed by atoms with Gasteiger partial charge in [0.25, 0.3) is 5.91 Å². The van der Waals surface area contributed by atoms with E-state index < -0.39 is 6.09 Å². The van der Waals surface area contributed by atoms with Gasteiger partial charge in [0.15, 0.2) is 5.82 Å². The van der Waals surface area contributed by atoms with E-state index >= 15 is 0 Å². The van der Waals surface area contributed by atoms with Crippen LogP contribution in [0.5, 0.6) is 0 Å². The second kappa shape index (κ2) is 10.1. The normalized spacial score (nSPS) is 16.5. The molecular formula is C29H30N8O3.